The summed E-state index contributed by atoms with van der Waals surface area (Å²) in [5, 5.41) is 0. The van der Waals surface area contributed by atoms with Gasteiger partial charge in [0.15, 0.2) is 0 Å². The lowest BCUT2D eigenvalue weighted by molar-refractivity contribution is 0.159. The second kappa shape index (κ2) is 6.33. The lowest BCUT2D eigenvalue weighted by atomic mass is 10.2. The molecule has 0 fully saturated rings. The molecule has 2 aromatic rings. The predicted octanol–water partition coefficient (Wildman–Crippen LogP) is 1.79. The first kappa shape index (κ1) is 16.6. The summed E-state index contributed by atoms with van der Waals surface area (Å²) in [6.07, 6.45) is -0.255. The van der Waals surface area contributed by atoms with Crippen LogP contribution >= 0.6 is 0 Å². The summed E-state index contributed by atoms with van der Waals surface area (Å²) in [6, 6.07) is 13.5. The molecular weight excluding hydrogens is 326 g/mol. The van der Waals surface area contributed by atoms with E-state index in [0.29, 0.717) is 23.7 Å². The number of hydrogen-bond donors (Lipinski definition) is 1. The molecule has 0 saturated carbocycles. The topological polar surface area (TPSA) is 75.9 Å². The number of rotatable bonds is 4. The number of anilines is 2. The first-order chi connectivity index (χ1) is 11.4. The highest BCUT2D eigenvalue weighted by atomic mass is 32.2. The maximum Gasteiger partial charge on any atom is 0.264 e. The van der Waals surface area contributed by atoms with Crippen molar-refractivity contribution >= 4 is 21.4 Å². The van der Waals surface area contributed by atoms with Gasteiger partial charge in [-0.3, -0.25) is 4.31 Å². The van der Waals surface area contributed by atoms with Gasteiger partial charge < -0.3 is 15.4 Å². The summed E-state index contributed by atoms with van der Waals surface area (Å²) < 4.78 is 33.6. The lowest BCUT2D eigenvalue weighted by Crippen LogP contribution is -2.47. The van der Waals surface area contributed by atoms with E-state index < -0.39 is 10.0 Å². The van der Waals surface area contributed by atoms with E-state index in [1.54, 1.807) is 48.5 Å². The van der Waals surface area contributed by atoms with Crippen LogP contribution in [0, 0.1) is 0 Å². The Hall–Kier alpha value is -2.25. The van der Waals surface area contributed by atoms with Crippen molar-refractivity contribution in [1.29, 1.82) is 0 Å². The fraction of sp³-hybridized carbons (Fsp3) is 0.294. The van der Waals surface area contributed by atoms with E-state index in [1.165, 1.54) is 4.31 Å². The number of sulfonamides is 1. The molecule has 6 nitrogen and oxygen atoms in total. The zero-order valence-corrected chi connectivity index (χ0v) is 14.5. The Morgan fingerprint density at radius 2 is 1.92 bits per heavy atom. The summed E-state index contributed by atoms with van der Waals surface area (Å²) in [5.41, 5.74) is 6.83. The summed E-state index contributed by atoms with van der Waals surface area (Å²) in [4.78, 5) is 2.23. The highest BCUT2D eigenvalue weighted by molar-refractivity contribution is 7.92. The van der Waals surface area contributed by atoms with E-state index in [4.69, 9.17) is 10.5 Å². The molecule has 2 aromatic carbocycles. The molecule has 1 heterocycles. The normalized spacial score (nSPS) is 17.5. The number of nitrogen functional groups attached to an aromatic ring is 1. The maximum absolute atomic E-state index is 13.1. The van der Waals surface area contributed by atoms with Crippen LogP contribution in [0.3, 0.4) is 0 Å². The van der Waals surface area contributed by atoms with Gasteiger partial charge in [-0.15, -0.1) is 0 Å². The predicted molar refractivity (Wildman–Crippen MR) is 94.8 cm³/mol. The van der Waals surface area contributed by atoms with E-state index in [-0.39, 0.29) is 17.5 Å². The van der Waals surface area contributed by atoms with Crippen LogP contribution in [-0.4, -0.2) is 46.6 Å². The zero-order chi connectivity index (χ0) is 17.3. The number of likely N-dealkylation sites (N-methyl/N-ethyl adjacent to an activating group) is 1. The monoisotopic (exact) mass is 347 g/mol. The van der Waals surface area contributed by atoms with Crippen molar-refractivity contribution in [3.8, 4) is 5.75 Å². The molecular formula is C17H21N3O3S. The van der Waals surface area contributed by atoms with E-state index in [9.17, 15) is 8.42 Å². The largest absolute Gasteiger partial charge is 0.485 e. The Kier molecular flexibility index (Phi) is 4.38. The van der Waals surface area contributed by atoms with Gasteiger partial charge in [0.1, 0.15) is 11.9 Å². The molecule has 0 bridgehead atoms. The maximum atomic E-state index is 13.1. The molecule has 0 saturated heterocycles. The summed E-state index contributed by atoms with van der Waals surface area (Å²) in [5.74, 6) is 0.529. The molecule has 3 rings (SSSR count). The highest BCUT2D eigenvalue weighted by Gasteiger charge is 2.34. The Labute approximate surface area is 142 Å². The third kappa shape index (κ3) is 3.18. The van der Waals surface area contributed by atoms with Crippen molar-refractivity contribution in [2.75, 3.05) is 37.2 Å². The molecule has 1 aliphatic rings. The third-order valence-electron chi connectivity index (χ3n) is 3.81. The number of nitrogens with zero attached hydrogens (tertiary/aromatic N) is 2. The van der Waals surface area contributed by atoms with Gasteiger partial charge in [-0.1, -0.05) is 18.2 Å². The van der Waals surface area contributed by atoms with Crippen LogP contribution in [0.5, 0.6) is 5.75 Å². The van der Waals surface area contributed by atoms with Crippen molar-refractivity contribution in [1.82, 2.24) is 4.90 Å². The summed E-state index contributed by atoms with van der Waals surface area (Å²) >= 11 is 0. The van der Waals surface area contributed by atoms with Gasteiger partial charge in [0.05, 0.1) is 17.1 Å². The molecule has 2 N–H and O–H groups in total. The van der Waals surface area contributed by atoms with Crippen LogP contribution in [-0.2, 0) is 10.0 Å². The Balaban J connectivity index is 2.06. The number of fused-ring (bicyclic) bond motifs is 1. The Bertz CT molecular complexity index is 822. The van der Waals surface area contributed by atoms with Crippen molar-refractivity contribution < 1.29 is 13.2 Å². The van der Waals surface area contributed by atoms with Gasteiger partial charge in [-0.2, -0.15) is 0 Å². The quantitative estimate of drug-likeness (QED) is 0.854. The zero-order valence-electron chi connectivity index (χ0n) is 13.7. The average Bonchev–Trinajstić information content (AvgIpc) is 2.54. The van der Waals surface area contributed by atoms with E-state index >= 15 is 0 Å². The van der Waals surface area contributed by atoms with Gasteiger partial charge in [0.2, 0.25) is 0 Å². The fourth-order valence-electron chi connectivity index (χ4n) is 2.78. The van der Waals surface area contributed by atoms with Gasteiger partial charge in [-0.25, -0.2) is 8.42 Å². The van der Waals surface area contributed by atoms with Crippen LogP contribution < -0.4 is 14.8 Å². The Morgan fingerprint density at radius 3 is 2.58 bits per heavy atom. The molecule has 128 valence electrons. The lowest BCUT2D eigenvalue weighted by Gasteiger charge is -2.36. The van der Waals surface area contributed by atoms with Crippen molar-refractivity contribution in [2.24, 2.45) is 0 Å². The smallest absolute Gasteiger partial charge is 0.264 e. The van der Waals surface area contributed by atoms with Crippen LogP contribution in [0.4, 0.5) is 11.4 Å². The fourth-order valence-corrected chi connectivity index (χ4v) is 4.30. The van der Waals surface area contributed by atoms with Gasteiger partial charge in [0, 0.05) is 12.2 Å². The van der Waals surface area contributed by atoms with Gasteiger partial charge >= 0.3 is 0 Å². The minimum absolute atomic E-state index is 0.242. The second-order valence-corrected chi connectivity index (χ2v) is 7.94. The first-order valence-corrected chi connectivity index (χ1v) is 9.10. The number of ether oxygens (including phenoxy) is 1. The number of hydrogen-bond acceptors (Lipinski definition) is 5. The molecule has 0 aliphatic carbocycles. The second-order valence-electron chi connectivity index (χ2n) is 6.08. The van der Waals surface area contributed by atoms with Gasteiger partial charge in [-0.05, 0) is 44.4 Å². The molecule has 0 radical (unpaired) electrons. The van der Waals surface area contributed by atoms with Crippen LogP contribution in [0.1, 0.15) is 0 Å². The third-order valence-corrected chi connectivity index (χ3v) is 5.61. The molecule has 7 heteroatoms. The number of nitrogens with two attached hydrogens (primary N) is 1. The average molecular weight is 347 g/mol. The molecule has 1 atom stereocenters. The molecule has 1 unspecified atom stereocenters. The van der Waals surface area contributed by atoms with Crippen molar-refractivity contribution in [3.63, 3.8) is 0 Å². The first-order valence-electron chi connectivity index (χ1n) is 7.66. The standard InChI is InChI=1S/C17H21N3O3S/c1-19(2)11-14-12-20(16-10-13(18)8-9-17(16)23-14)24(21,22)15-6-4-3-5-7-15/h3-10,14H,11-12,18H2,1-2H3. The van der Waals surface area contributed by atoms with Crippen molar-refractivity contribution in [2.45, 2.75) is 11.0 Å². The molecule has 1 aliphatic heterocycles. The van der Waals surface area contributed by atoms with Gasteiger partial charge in [0.25, 0.3) is 10.0 Å². The summed E-state index contributed by atoms with van der Waals surface area (Å²) in [7, 11) is 0.175. The minimum atomic E-state index is -3.68. The minimum Gasteiger partial charge on any atom is -0.485 e. The Morgan fingerprint density at radius 1 is 1.21 bits per heavy atom. The van der Waals surface area contributed by atoms with Crippen molar-refractivity contribution in [3.05, 3.63) is 48.5 Å². The van der Waals surface area contributed by atoms with Crippen LogP contribution in [0.2, 0.25) is 0 Å². The van der Waals surface area contributed by atoms with E-state index in [2.05, 4.69) is 0 Å². The molecule has 0 aromatic heterocycles. The van der Waals surface area contributed by atoms with E-state index in [1.807, 2.05) is 19.0 Å². The summed E-state index contributed by atoms with van der Waals surface area (Å²) in [6.45, 7) is 0.858. The van der Waals surface area contributed by atoms with Crippen LogP contribution in [0.15, 0.2) is 53.4 Å². The highest BCUT2D eigenvalue weighted by Crippen LogP contribution is 2.38. The van der Waals surface area contributed by atoms with Crippen LogP contribution in [0.25, 0.3) is 0 Å². The van der Waals surface area contributed by atoms with E-state index in [0.717, 1.165) is 0 Å². The molecule has 24 heavy (non-hydrogen) atoms. The SMILES string of the molecule is CN(C)CC1CN(S(=O)(=O)c2ccccc2)c2cc(N)ccc2O1. The molecule has 0 amide bonds. The molecule has 0 spiro atoms. The number of benzene rings is 2.